The predicted molar refractivity (Wildman–Crippen MR) is 75.4 cm³/mol. The molecule has 20 heavy (non-hydrogen) atoms. The van der Waals surface area contributed by atoms with Gasteiger partial charge in [-0.15, -0.1) is 0 Å². The molecule has 0 unspecified atom stereocenters. The van der Waals surface area contributed by atoms with Gasteiger partial charge in [0.25, 0.3) is 5.91 Å². The number of carbonyl (C=O) groups excluding carboxylic acids is 1. The Morgan fingerprint density at radius 2 is 2.20 bits per heavy atom. The minimum Gasteiger partial charge on any atom is -0.505 e. The van der Waals surface area contributed by atoms with Crippen LogP contribution < -0.4 is 5.32 Å². The third-order valence-electron chi connectivity index (χ3n) is 4.19. The summed E-state index contributed by atoms with van der Waals surface area (Å²) in [6.07, 6.45) is 6.01. The fourth-order valence-corrected chi connectivity index (χ4v) is 2.70. The Morgan fingerprint density at radius 3 is 2.80 bits per heavy atom. The van der Waals surface area contributed by atoms with Crippen LogP contribution in [-0.4, -0.2) is 33.3 Å². The summed E-state index contributed by atoms with van der Waals surface area (Å²) in [5, 5.41) is 22.7. The summed E-state index contributed by atoms with van der Waals surface area (Å²) in [7, 11) is 0. The van der Waals surface area contributed by atoms with Gasteiger partial charge in [0, 0.05) is 12.7 Å². The van der Waals surface area contributed by atoms with Crippen LogP contribution in [0.15, 0.2) is 18.3 Å². The molecule has 5 nitrogen and oxygen atoms in total. The van der Waals surface area contributed by atoms with Crippen LogP contribution in [0, 0.1) is 5.92 Å². The monoisotopic (exact) mass is 278 g/mol. The van der Waals surface area contributed by atoms with Crippen molar-refractivity contribution in [2.24, 2.45) is 5.92 Å². The van der Waals surface area contributed by atoms with Crippen molar-refractivity contribution >= 4 is 5.91 Å². The fraction of sp³-hybridized carbons (Fsp3) is 0.600. The quantitative estimate of drug-likeness (QED) is 0.785. The molecule has 1 fully saturated rings. The summed E-state index contributed by atoms with van der Waals surface area (Å²) >= 11 is 0. The molecule has 0 atom stereocenters. The number of aliphatic hydroxyl groups is 1. The highest BCUT2D eigenvalue weighted by atomic mass is 16.3. The Morgan fingerprint density at radius 1 is 1.50 bits per heavy atom. The molecule has 5 heteroatoms. The zero-order valence-corrected chi connectivity index (χ0v) is 11.8. The molecule has 110 valence electrons. The Kier molecular flexibility index (Phi) is 4.60. The van der Waals surface area contributed by atoms with Gasteiger partial charge in [-0.05, 0) is 43.7 Å². The number of hydrogen-bond donors (Lipinski definition) is 3. The van der Waals surface area contributed by atoms with Gasteiger partial charge in [-0.2, -0.15) is 0 Å². The summed E-state index contributed by atoms with van der Waals surface area (Å²) in [4.78, 5) is 15.8. The number of pyridine rings is 1. The number of aromatic hydroxyl groups is 1. The van der Waals surface area contributed by atoms with Gasteiger partial charge in [0.2, 0.25) is 0 Å². The Hall–Kier alpha value is -1.62. The third kappa shape index (κ3) is 3.48. The molecular weight excluding hydrogens is 256 g/mol. The van der Waals surface area contributed by atoms with E-state index in [0.29, 0.717) is 18.8 Å². The lowest BCUT2D eigenvalue weighted by atomic mass is 9.78. The first-order valence-corrected chi connectivity index (χ1v) is 7.18. The molecule has 0 spiro atoms. The average molecular weight is 278 g/mol. The maximum Gasteiger partial charge on any atom is 0.273 e. The van der Waals surface area contributed by atoms with Crippen LogP contribution in [0.2, 0.25) is 0 Å². The normalized spacial score (nSPS) is 26.2. The predicted octanol–water partition coefficient (Wildman–Crippen LogP) is 1.85. The summed E-state index contributed by atoms with van der Waals surface area (Å²) in [5.74, 6) is 0.0895. The molecule has 1 aliphatic rings. The summed E-state index contributed by atoms with van der Waals surface area (Å²) < 4.78 is 0. The number of nitrogens with zero attached hydrogens (tertiary/aromatic N) is 1. The summed E-state index contributed by atoms with van der Waals surface area (Å²) in [6.45, 7) is 2.37. The van der Waals surface area contributed by atoms with Crippen molar-refractivity contribution in [3.63, 3.8) is 0 Å². The minimum atomic E-state index is -0.828. The molecule has 0 saturated heterocycles. The van der Waals surface area contributed by atoms with Crippen molar-refractivity contribution in [3.8, 4) is 5.75 Å². The van der Waals surface area contributed by atoms with Crippen LogP contribution in [0.4, 0.5) is 0 Å². The second-order valence-corrected chi connectivity index (χ2v) is 5.63. The second-order valence-electron chi connectivity index (χ2n) is 5.63. The molecule has 1 aliphatic carbocycles. The lowest BCUT2D eigenvalue weighted by molar-refractivity contribution is -0.00792. The van der Waals surface area contributed by atoms with Gasteiger partial charge in [0.05, 0.1) is 5.60 Å². The highest BCUT2D eigenvalue weighted by molar-refractivity contribution is 5.94. The number of carbonyl (C=O) groups is 1. The van der Waals surface area contributed by atoms with E-state index in [9.17, 15) is 15.0 Å². The lowest BCUT2D eigenvalue weighted by Gasteiger charge is -2.35. The molecule has 1 aromatic heterocycles. The Labute approximate surface area is 119 Å². The standard InChI is InChI=1S/C15H22N2O3/c1-2-11-5-7-15(20,8-6-11)10-17-14(19)13-12(18)4-3-9-16-13/h3-4,9,11,18,20H,2,5-8,10H2,1H3,(H,17,19). The van der Waals surface area contributed by atoms with Gasteiger partial charge in [0.1, 0.15) is 5.75 Å². The van der Waals surface area contributed by atoms with E-state index in [1.54, 1.807) is 6.07 Å². The number of amides is 1. The van der Waals surface area contributed by atoms with E-state index < -0.39 is 11.5 Å². The zero-order valence-electron chi connectivity index (χ0n) is 11.8. The molecule has 0 aromatic carbocycles. The van der Waals surface area contributed by atoms with E-state index >= 15 is 0 Å². The molecule has 1 amide bonds. The van der Waals surface area contributed by atoms with Crippen LogP contribution in [0.1, 0.15) is 49.5 Å². The number of nitrogens with one attached hydrogen (secondary N) is 1. The minimum absolute atomic E-state index is 0.00153. The van der Waals surface area contributed by atoms with Gasteiger partial charge in [-0.3, -0.25) is 4.79 Å². The smallest absolute Gasteiger partial charge is 0.273 e. The summed E-state index contributed by atoms with van der Waals surface area (Å²) in [6, 6.07) is 2.98. The van der Waals surface area contributed by atoms with Crippen LogP contribution in [0.5, 0.6) is 5.75 Å². The van der Waals surface area contributed by atoms with Crippen LogP contribution >= 0.6 is 0 Å². The molecule has 1 saturated carbocycles. The van der Waals surface area contributed by atoms with Crippen molar-refractivity contribution in [1.82, 2.24) is 10.3 Å². The van der Waals surface area contributed by atoms with E-state index in [-0.39, 0.29) is 18.0 Å². The maximum atomic E-state index is 11.9. The van der Waals surface area contributed by atoms with Gasteiger partial charge >= 0.3 is 0 Å². The van der Waals surface area contributed by atoms with E-state index in [1.165, 1.54) is 12.3 Å². The fourth-order valence-electron chi connectivity index (χ4n) is 2.70. The van der Waals surface area contributed by atoms with Crippen LogP contribution in [-0.2, 0) is 0 Å². The third-order valence-corrected chi connectivity index (χ3v) is 4.19. The largest absolute Gasteiger partial charge is 0.505 e. The van der Waals surface area contributed by atoms with Crippen molar-refractivity contribution in [2.45, 2.75) is 44.6 Å². The molecule has 3 N–H and O–H groups in total. The van der Waals surface area contributed by atoms with Crippen molar-refractivity contribution in [3.05, 3.63) is 24.0 Å². The van der Waals surface area contributed by atoms with Gasteiger partial charge < -0.3 is 15.5 Å². The van der Waals surface area contributed by atoms with Crippen molar-refractivity contribution in [1.29, 1.82) is 0 Å². The molecule has 0 aliphatic heterocycles. The second kappa shape index (κ2) is 6.22. The first kappa shape index (κ1) is 14.8. The zero-order chi connectivity index (χ0) is 14.6. The van der Waals surface area contributed by atoms with Gasteiger partial charge in [-0.1, -0.05) is 13.3 Å². The highest BCUT2D eigenvalue weighted by Gasteiger charge is 2.33. The first-order chi connectivity index (χ1) is 9.54. The molecule has 1 heterocycles. The molecule has 0 bridgehead atoms. The molecule has 1 aromatic rings. The topological polar surface area (TPSA) is 82.5 Å². The molecular formula is C15H22N2O3. The van der Waals surface area contributed by atoms with Gasteiger partial charge in [0.15, 0.2) is 5.69 Å². The SMILES string of the molecule is CCC1CCC(O)(CNC(=O)c2ncccc2O)CC1. The average Bonchev–Trinajstić information content (AvgIpc) is 2.46. The number of hydrogen-bond acceptors (Lipinski definition) is 4. The van der Waals surface area contributed by atoms with E-state index in [1.807, 2.05) is 0 Å². The van der Waals surface area contributed by atoms with Gasteiger partial charge in [-0.25, -0.2) is 4.98 Å². The Balaban J connectivity index is 1.89. The Bertz CT molecular complexity index is 468. The molecule has 0 radical (unpaired) electrons. The summed E-state index contributed by atoms with van der Waals surface area (Å²) in [5.41, 5.74) is -0.829. The van der Waals surface area contributed by atoms with E-state index in [2.05, 4.69) is 17.2 Å². The first-order valence-electron chi connectivity index (χ1n) is 7.18. The van der Waals surface area contributed by atoms with Crippen molar-refractivity contribution in [2.75, 3.05) is 6.54 Å². The molecule has 2 rings (SSSR count). The van der Waals surface area contributed by atoms with Crippen LogP contribution in [0.3, 0.4) is 0 Å². The number of aromatic nitrogens is 1. The lowest BCUT2D eigenvalue weighted by Crippen LogP contribution is -2.45. The van der Waals surface area contributed by atoms with E-state index in [4.69, 9.17) is 0 Å². The number of rotatable bonds is 4. The van der Waals surface area contributed by atoms with Crippen molar-refractivity contribution < 1.29 is 15.0 Å². The highest BCUT2D eigenvalue weighted by Crippen LogP contribution is 2.33. The van der Waals surface area contributed by atoms with E-state index in [0.717, 1.165) is 19.3 Å². The van der Waals surface area contributed by atoms with Crippen LogP contribution in [0.25, 0.3) is 0 Å². The maximum absolute atomic E-state index is 11.9.